The van der Waals surface area contributed by atoms with Crippen LogP contribution in [0.2, 0.25) is 19.6 Å². The van der Waals surface area contributed by atoms with Gasteiger partial charge in [-0.15, -0.1) is 53.6 Å². The van der Waals surface area contributed by atoms with Crippen LogP contribution in [0.3, 0.4) is 0 Å². The van der Waals surface area contributed by atoms with Crippen molar-refractivity contribution in [2.75, 3.05) is 0 Å². The first-order valence-electron chi connectivity index (χ1n) is 17.5. The van der Waals surface area contributed by atoms with Crippen LogP contribution in [0.25, 0.3) is 55.6 Å². The summed E-state index contributed by atoms with van der Waals surface area (Å²) in [5.41, 5.74) is 6.08. The minimum absolute atomic E-state index is 0. The van der Waals surface area contributed by atoms with E-state index in [4.69, 9.17) is 16.3 Å². The Balaban J connectivity index is 0.000000195. The van der Waals surface area contributed by atoms with Crippen molar-refractivity contribution in [2.24, 2.45) is 12.5 Å². The van der Waals surface area contributed by atoms with Gasteiger partial charge in [0.15, 0.2) is 0 Å². The average Bonchev–Trinajstić information content (AvgIpc) is 3.61. The van der Waals surface area contributed by atoms with Gasteiger partial charge in [0.2, 0.25) is 0 Å². The Labute approximate surface area is 293 Å². The number of furan rings is 1. The van der Waals surface area contributed by atoms with Crippen molar-refractivity contribution in [2.45, 2.75) is 53.6 Å². The van der Waals surface area contributed by atoms with Crippen molar-refractivity contribution < 1.29 is 31.4 Å². The average molecular weight is 806 g/mol. The predicted molar refractivity (Wildman–Crippen MR) is 189 cm³/mol. The molecular weight excluding hydrogens is 761 g/mol. The van der Waals surface area contributed by atoms with E-state index in [9.17, 15) is 0 Å². The molecule has 4 heterocycles. The van der Waals surface area contributed by atoms with E-state index in [2.05, 4.69) is 47.8 Å². The molecule has 0 bridgehead atoms. The summed E-state index contributed by atoms with van der Waals surface area (Å²) < 4.78 is 48.1. The largest absolute Gasteiger partial charge is 0.501 e. The Kier molecular flexibility index (Phi) is 7.74. The number of benzene rings is 3. The van der Waals surface area contributed by atoms with Gasteiger partial charge in [-0.1, -0.05) is 88.0 Å². The maximum absolute atomic E-state index is 8.79. The molecule has 0 fully saturated rings. The molecule has 5 nitrogen and oxygen atoms in total. The van der Waals surface area contributed by atoms with Gasteiger partial charge < -0.3 is 14.0 Å². The Morgan fingerprint density at radius 2 is 1.80 bits per heavy atom. The summed E-state index contributed by atoms with van der Waals surface area (Å²) in [4.78, 5) is 13.5. The van der Waals surface area contributed by atoms with Crippen molar-refractivity contribution >= 4 is 46.2 Å². The first-order valence-corrected chi connectivity index (χ1v) is 18.5. The van der Waals surface area contributed by atoms with Crippen LogP contribution in [-0.4, -0.2) is 27.6 Å². The monoisotopic (exact) mass is 806 g/mol. The molecule has 0 saturated heterocycles. The topological polar surface area (TPSA) is 56.7 Å². The molecule has 3 aromatic carbocycles. The van der Waals surface area contributed by atoms with E-state index in [0.717, 1.165) is 49.5 Å². The molecule has 0 unspecified atom stereocenters. The third-order valence-corrected chi connectivity index (χ3v) is 9.57. The van der Waals surface area contributed by atoms with Gasteiger partial charge in [-0.3, -0.25) is 9.97 Å². The minimum Gasteiger partial charge on any atom is -0.501 e. The van der Waals surface area contributed by atoms with Crippen LogP contribution in [0, 0.1) is 24.4 Å². The number of aryl methyl sites for hydroxylation is 2. The number of imidazole rings is 1. The number of rotatable bonds is 4. The van der Waals surface area contributed by atoms with E-state index in [-0.39, 0.29) is 25.7 Å². The molecule has 7 aromatic rings. The number of para-hydroxylation sites is 1. The molecule has 1 radical (unpaired) electrons. The van der Waals surface area contributed by atoms with Crippen molar-refractivity contribution in [1.29, 1.82) is 0 Å². The molecule has 4 aromatic heterocycles. The van der Waals surface area contributed by atoms with Gasteiger partial charge in [-0.05, 0) is 34.8 Å². The fraction of sp³-hybridized carbons (Fsp3) is 0.256. The normalized spacial score (nSPS) is 14.0. The number of hydrogen-bond acceptors (Lipinski definition) is 4. The van der Waals surface area contributed by atoms with Crippen LogP contribution < -0.4 is 5.19 Å². The van der Waals surface area contributed by atoms with E-state index in [1.54, 1.807) is 24.5 Å². The quantitative estimate of drug-likeness (QED) is 0.132. The summed E-state index contributed by atoms with van der Waals surface area (Å²) >= 11 is 0. The van der Waals surface area contributed by atoms with E-state index in [0.29, 0.717) is 16.8 Å². The molecule has 237 valence electrons. The van der Waals surface area contributed by atoms with E-state index in [1.807, 2.05) is 81.0 Å². The van der Waals surface area contributed by atoms with E-state index < -0.39 is 26.7 Å². The van der Waals surface area contributed by atoms with Crippen LogP contribution in [0.5, 0.6) is 0 Å². The van der Waals surface area contributed by atoms with Crippen LogP contribution >= 0.6 is 0 Å². The van der Waals surface area contributed by atoms with E-state index in [1.165, 1.54) is 6.07 Å². The van der Waals surface area contributed by atoms with Gasteiger partial charge in [-0.25, -0.2) is 0 Å². The summed E-state index contributed by atoms with van der Waals surface area (Å²) in [6.07, 6.45) is 3.85. The molecule has 0 aliphatic rings. The SMILES string of the molecule is Cn1c(-c2[c-]ccc3c2oc2ccccc23)nc2ccncc21.[2H]C([2H])([2H])c1c[c-]c(-c2cc(C([2H])([2H])C(C)(C)C)c([Si](C)(C)C)cn2)cc1.[Ir]. The molecule has 7 heteroatoms. The fourth-order valence-electron chi connectivity index (χ4n) is 5.41. The Morgan fingerprint density at radius 3 is 2.50 bits per heavy atom. The van der Waals surface area contributed by atoms with Gasteiger partial charge in [0.05, 0.1) is 36.7 Å². The zero-order valence-electron chi connectivity index (χ0n) is 32.1. The number of pyridine rings is 2. The molecule has 46 heavy (non-hydrogen) atoms. The first-order chi connectivity index (χ1) is 23.4. The zero-order valence-corrected chi connectivity index (χ0v) is 30.5. The molecule has 0 amide bonds. The maximum atomic E-state index is 8.79. The van der Waals surface area contributed by atoms with Crippen LogP contribution in [0.1, 0.15) is 38.8 Å². The number of fused-ring (bicyclic) bond motifs is 4. The summed E-state index contributed by atoms with van der Waals surface area (Å²) in [5.74, 6) is 0.831. The number of hydrogen-bond donors (Lipinski definition) is 0. The standard InChI is InChI=1S/C20H28NSi.C19H12N3O.Ir/c1-15-8-10-16(11-9-15)18-12-17(13-20(2,3)4)19(14-21-18)22(5,6)7;1-22-16-11-20-10-9-15(16)21-19(22)14-7-4-6-13-12-5-2-3-8-17(12)23-18(13)14;/h8-10,12,14H,13H2,1-7H3;2-6,8-11H,1H3;/q2*-1;/i1D3,13D2;;. The van der Waals surface area contributed by atoms with Gasteiger partial charge in [-0.2, -0.15) is 0 Å². The third-order valence-electron chi connectivity index (χ3n) is 7.56. The van der Waals surface area contributed by atoms with Crippen molar-refractivity contribution in [3.8, 4) is 22.6 Å². The Bertz CT molecular complexity index is 2340. The minimum atomic E-state index is -2.17. The summed E-state index contributed by atoms with van der Waals surface area (Å²) in [6, 6.07) is 26.8. The summed E-state index contributed by atoms with van der Waals surface area (Å²) in [6.45, 7) is 10.1. The summed E-state index contributed by atoms with van der Waals surface area (Å²) in [7, 11) is 0.177. The van der Waals surface area contributed by atoms with Gasteiger partial charge in [0.1, 0.15) is 5.58 Å². The van der Waals surface area contributed by atoms with Crippen LogP contribution in [0.15, 0.2) is 89.7 Å². The second-order valence-electron chi connectivity index (χ2n) is 13.3. The molecule has 0 aliphatic carbocycles. The fourth-order valence-corrected chi connectivity index (χ4v) is 6.80. The molecule has 0 aliphatic heterocycles. The Hall–Kier alpha value is -3.90. The van der Waals surface area contributed by atoms with Crippen LogP contribution in [-0.2, 0) is 33.5 Å². The van der Waals surface area contributed by atoms with E-state index >= 15 is 0 Å². The molecule has 0 saturated carbocycles. The first kappa shape index (κ1) is 27.2. The molecular formula is C39H40IrN4OSi-2. The second kappa shape index (κ2) is 13.1. The smallest absolute Gasteiger partial charge is 0.120 e. The molecule has 7 rings (SSSR count). The van der Waals surface area contributed by atoms with Gasteiger partial charge >= 0.3 is 0 Å². The van der Waals surface area contributed by atoms with Crippen LogP contribution in [0.4, 0.5) is 0 Å². The summed E-state index contributed by atoms with van der Waals surface area (Å²) in [5, 5.41) is 3.20. The molecule has 0 N–H and O–H groups in total. The third kappa shape index (κ3) is 6.92. The van der Waals surface area contributed by atoms with Gasteiger partial charge in [0.25, 0.3) is 0 Å². The van der Waals surface area contributed by atoms with Crippen molar-refractivity contribution in [3.63, 3.8) is 0 Å². The van der Waals surface area contributed by atoms with Gasteiger partial charge in [0, 0.05) is 51.8 Å². The predicted octanol–water partition coefficient (Wildman–Crippen LogP) is 9.32. The maximum Gasteiger partial charge on any atom is 0.120 e. The number of aromatic nitrogens is 4. The van der Waals surface area contributed by atoms with Crippen molar-refractivity contribution in [3.05, 3.63) is 109 Å². The Morgan fingerprint density at radius 1 is 1.00 bits per heavy atom. The second-order valence-corrected chi connectivity index (χ2v) is 18.3. The molecule has 0 spiro atoms. The zero-order chi connectivity index (χ0) is 36.2. The number of nitrogens with zero attached hydrogens (tertiary/aromatic N) is 4. The molecule has 0 atom stereocenters. The van der Waals surface area contributed by atoms with Crippen molar-refractivity contribution in [1.82, 2.24) is 19.5 Å².